The zero-order valence-corrected chi connectivity index (χ0v) is 21.9. The smallest absolute Gasteiger partial charge is 0.410 e. The van der Waals surface area contributed by atoms with Crippen molar-refractivity contribution < 1.29 is 13.9 Å². The lowest BCUT2D eigenvalue weighted by Gasteiger charge is -2.40. The summed E-state index contributed by atoms with van der Waals surface area (Å²) >= 11 is 0. The van der Waals surface area contributed by atoms with E-state index in [1.165, 1.54) is 6.07 Å². The zero-order valence-electron chi connectivity index (χ0n) is 21.9. The average Bonchev–Trinajstić information content (AvgIpc) is 3.46. The van der Waals surface area contributed by atoms with E-state index in [1.807, 2.05) is 50.9 Å². The molecule has 9 nitrogen and oxygen atoms in total. The quantitative estimate of drug-likeness (QED) is 0.374. The van der Waals surface area contributed by atoms with Gasteiger partial charge in [-0.05, 0) is 82.6 Å². The summed E-state index contributed by atoms with van der Waals surface area (Å²) in [5.41, 5.74) is 4.00. The van der Waals surface area contributed by atoms with Crippen molar-refractivity contribution in [1.82, 2.24) is 24.3 Å². The number of fused-ring (bicyclic) bond motifs is 2. The molecular formula is C28H31N5O4. The monoisotopic (exact) mass is 501 g/mol. The van der Waals surface area contributed by atoms with Gasteiger partial charge < -0.3 is 14.1 Å². The highest BCUT2D eigenvalue weighted by Crippen LogP contribution is 2.52. The van der Waals surface area contributed by atoms with Gasteiger partial charge in [0.2, 0.25) is 5.71 Å². The number of nitrogens with zero attached hydrogens (tertiary/aromatic N) is 5. The number of ether oxygens (including phenoxy) is 1. The van der Waals surface area contributed by atoms with E-state index in [2.05, 4.69) is 16.0 Å². The molecule has 4 aromatic heterocycles. The predicted molar refractivity (Wildman–Crippen MR) is 139 cm³/mol. The third-order valence-corrected chi connectivity index (χ3v) is 7.42. The van der Waals surface area contributed by atoms with Crippen molar-refractivity contribution in [2.75, 3.05) is 6.54 Å². The standard InChI is InChI=1S/C28H31N5O4/c1-16-12-20(31-25-24(16)29-17(2)36-25)21-13-23(34)32-15-19(6-7-22(32)30-21)18-8-11-33(28(14-18)9-10-28)26(35)37-27(3,4)5/h6-7,12-13,15,18H,8-11,14H2,1-5H3. The second-order valence-corrected chi connectivity index (χ2v) is 11.4. The first kappa shape index (κ1) is 23.6. The Morgan fingerprint density at radius 2 is 1.86 bits per heavy atom. The molecular weight excluding hydrogens is 470 g/mol. The van der Waals surface area contributed by atoms with Crippen LogP contribution in [0.5, 0.6) is 0 Å². The summed E-state index contributed by atoms with van der Waals surface area (Å²) in [5.74, 6) is 0.810. The molecule has 37 heavy (non-hydrogen) atoms. The number of rotatable bonds is 2. The normalized spacial score (nSPS) is 19.1. The number of carbonyl (C=O) groups excluding carboxylic acids is 1. The second kappa shape index (κ2) is 8.13. The van der Waals surface area contributed by atoms with Crippen molar-refractivity contribution in [3.05, 3.63) is 57.8 Å². The first-order chi connectivity index (χ1) is 17.5. The number of carbonyl (C=O) groups is 1. The van der Waals surface area contributed by atoms with Gasteiger partial charge in [-0.3, -0.25) is 9.20 Å². The highest BCUT2D eigenvalue weighted by atomic mass is 16.6. The number of aromatic nitrogens is 4. The summed E-state index contributed by atoms with van der Waals surface area (Å²) < 4.78 is 12.9. The van der Waals surface area contributed by atoms with Crippen molar-refractivity contribution in [2.24, 2.45) is 0 Å². The van der Waals surface area contributed by atoms with Crippen LogP contribution in [0.2, 0.25) is 0 Å². The van der Waals surface area contributed by atoms with Gasteiger partial charge >= 0.3 is 6.09 Å². The Kier molecular flexibility index (Phi) is 5.19. The van der Waals surface area contributed by atoms with E-state index < -0.39 is 5.60 Å². The Hall–Kier alpha value is -3.75. The van der Waals surface area contributed by atoms with Crippen molar-refractivity contribution in [1.29, 1.82) is 0 Å². The molecule has 1 spiro atoms. The molecule has 1 amide bonds. The van der Waals surface area contributed by atoms with E-state index in [0.29, 0.717) is 35.2 Å². The Labute approximate surface area is 214 Å². The Morgan fingerprint density at radius 3 is 2.59 bits per heavy atom. The number of amides is 1. The molecule has 1 saturated carbocycles. The van der Waals surface area contributed by atoms with Crippen LogP contribution < -0.4 is 5.56 Å². The van der Waals surface area contributed by atoms with Crippen molar-refractivity contribution in [3.63, 3.8) is 0 Å². The lowest BCUT2D eigenvalue weighted by atomic mass is 9.84. The van der Waals surface area contributed by atoms with Crippen LogP contribution in [0.15, 0.2) is 39.7 Å². The maximum Gasteiger partial charge on any atom is 0.410 e. The maximum atomic E-state index is 13.2. The molecule has 2 fully saturated rings. The van der Waals surface area contributed by atoms with Gasteiger partial charge in [-0.25, -0.2) is 19.7 Å². The largest absolute Gasteiger partial charge is 0.444 e. The molecule has 9 heteroatoms. The van der Waals surface area contributed by atoms with Gasteiger partial charge in [-0.15, -0.1) is 0 Å². The average molecular weight is 502 g/mol. The van der Waals surface area contributed by atoms with Crippen LogP contribution in [0.1, 0.15) is 69.4 Å². The molecule has 192 valence electrons. The van der Waals surface area contributed by atoms with Crippen molar-refractivity contribution in [2.45, 2.75) is 77.4 Å². The molecule has 1 atom stereocenters. The van der Waals surface area contributed by atoms with E-state index in [4.69, 9.17) is 14.1 Å². The number of piperidine rings is 1. The van der Waals surface area contributed by atoms with Crippen LogP contribution in [-0.4, -0.2) is 48.0 Å². The lowest BCUT2D eigenvalue weighted by molar-refractivity contribution is 0.00371. The van der Waals surface area contributed by atoms with Gasteiger partial charge in [0.25, 0.3) is 5.56 Å². The first-order valence-electron chi connectivity index (χ1n) is 12.8. The number of oxazole rings is 1. The zero-order chi connectivity index (χ0) is 26.1. The maximum absolute atomic E-state index is 13.2. The number of hydrogen-bond donors (Lipinski definition) is 0. The Bertz CT molecular complexity index is 1610. The summed E-state index contributed by atoms with van der Waals surface area (Å²) in [6.45, 7) is 10.1. The van der Waals surface area contributed by atoms with Gasteiger partial charge in [0.05, 0.1) is 11.4 Å². The Balaban J connectivity index is 1.28. The van der Waals surface area contributed by atoms with Crippen molar-refractivity contribution in [3.8, 4) is 11.4 Å². The molecule has 1 aliphatic heterocycles. The van der Waals surface area contributed by atoms with Crippen LogP contribution in [0, 0.1) is 13.8 Å². The summed E-state index contributed by atoms with van der Waals surface area (Å²) in [6, 6.07) is 7.34. The molecule has 1 unspecified atom stereocenters. The fraction of sp³-hybridized carbons (Fsp3) is 0.464. The minimum Gasteiger partial charge on any atom is -0.444 e. The van der Waals surface area contributed by atoms with Crippen LogP contribution in [0.4, 0.5) is 4.79 Å². The fourth-order valence-corrected chi connectivity index (χ4v) is 5.48. The second-order valence-electron chi connectivity index (χ2n) is 11.4. The van der Waals surface area contributed by atoms with E-state index >= 15 is 0 Å². The SMILES string of the molecule is Cc1nc2c(C)cc(-c3cc(=O)n4cc(C5CCN(C(=O)OC(C)(C)C)C6(CC6)C5)ccc4n3)nc2o1. The third kappa shape index (κ3) is 4.26. The number of pyridine rings is 2. The van der Waals surface area contributed by atoms with Crippen molar-refractivity contribution >= 4 is 23.0 Å². The third-order valence-electron chi connectivity index (χ3n) is 7.42. The summed E-state index contributed by atoms with van der Waals surface area (Å²) in [4.78, 5) is 41.5. The van der Waals surface area contributed by atoms with E-state index in [-0.39, 0.29) is 23.1 Å². The molecule has 1 aliphatic carbocycles. The molecule has 4 aromatic rings. The first-order valence-corrected chi connectivity index (χ1v) is 12.8. The van der Waals surface area contributed by atoms with Gasteiger partial charge in [-0.1, -0.05) is 6.07 Å². The Morgan fingerprint density at radius 1 is 1.11 bits per heavy atom. The van der Waals surface area contributed by atoms with E-state index in [1.54, 1.807) is 11.3 Å². The minimum absolute atomic E-state index is 0.130. The molecule has 5 heterocycles. The highest BCUT2D eigenvalue weighted by molar-refractivity contribution is 5.77. The minimum atomic E-state index is -0.511. The van der Waals surface area contributed by atoms with Crippen LogP contribution in [0.3, 0.4) is 0 Å². The molecule has 0 radical (unpaired) electrons. The highest BCUT2D eigenvalue weighted by Gasteiger charge is 2.54. The van der Waals surface area contributed by atoms with E-state index in [9.17, 15) is 9.59 Å². The van der Waals surface area contributed by atoms with Crippen LogP contribution >= 0.6 is 0 Å². The van der Waals surface area contributed by atoms with Gasteiger partial charge in [0.15, 0.2) is 5.89 Å². The number of hydrogen-bond acceptors (Lipinski definition) is 7. The number of aryl methyl sites for hydroxylation is 2. The summed E-state index contributed by atoms with van der Waals surface area (Å²) in [5, 5.41) is 0. The summed E-state index contributed by atoms with van der Waals surface area (Å²) in [7, 11) is 0. The lowest BCUT2D eigenvalue weighted by Crippen LogP contribution is -2.49. The van der Waals surface area contributed by atoms with Gasteiger partial charge in [0.1, 0.15) is 16.8 Å². The van der Waals surface area contributed by atoms with Crippen LogP contribution in [0.25, 0.3) is 28.3 Å². The van der Waals surface area contributed by atoms with Crippen LogP contribution in [-0.2, 0) is 4.74 Å². The fourth-order valence-electron chi connectivity index (χ4n) is 5.48. The predicted octanol–water partition coefficient (Wildman–Crippen LogP) is 5.16. The molecule has 0 bridgehead atoms. The summed E-state index contributed by atoms with van der Waals surface area (Å²) in [6.07, 6.45) is 5.35. The number of likely N-dealkylation sites (tertiary alicyclic amines) is 1. The van der Waals surface area contributed by atoms with Gasteiger partial charge in [-0.2, -0.15) is 0 Å². The van der Waals surface area contributed by atoms with Gasteiger partial charge in [0, 0.05) is 31.3 Å². The topological polar surface area (TPSA) is 103 Å². The molecule has 1 saturated heterocycles. The molecule has 0 aromatic carbocycles. The molecule has 2 aliphatic rings. The van der Waals surface area contributed by atoms with E-state index in [0.717, 1.165) is 42.3 Å². The molecule has 6 rings (SSSR count). The molecule has 0 N–H and O–H groups in total.